The van der Waals surface area contributed by atoms with Crippen molar-refractivity contribution >= 4 is 27.5 Å². The highest BCUT2D eigenvalue weighted by molar-refractivity contribution is 6.13. The molecule has 1 aromatic heterocycles. The third-order valence-corrected chi connectivity index (χ3v) is 5.33. The average molecular weight is 314 g/mol. The molecular formula is C22H22N2. The van der Waals surface area contributed by atoms with Crippen LogP contribution < -0.4 is 5.73 Å². The molecule has 3 aromatic carbocycles. The van der Waals surface area contributed by atoms with Crippen LogP contribution in [-0.4, -0.2) is 4.98 Å². The minimum absolute atomic E-state index is 0.828. The maximum absolute atomic E-state index is 6.27. The Balaban J connectivity index is 2.21. The van der Waals surface area contributed by atoms with Crippen molar-refractivity contribution in [1.29, 1.82) is 0 Å². The van der Waals surface area contributed by atoms with E-state index in [2.05, 4.69) is 63.0 Å². The summed E-state index contributed by atoms with van der Waals surface area (Å²) in [6.07, 6.45) is 0. The summed E-state index contributed by atoms with van der Waals surface area (Å²) >= 11 is 0. The van der Waals surface area contributed by atoms with E-state index < -0.39 is 0 Å². The Morgan fingerprint density at radius 2 is 1.50 bits per heavy atom. The quantitative estimate of drug-likeness (QED) is 0.428. The number of H-pyrrole nitrogens is 1. The van der Waals surface area contributed by atoms with Crippen molar-refractivity contribution in [2.24, 2.45) is 0 Å². The molecule has 0 aliphatic rings. The molecule has 0 aliphatic carbocycles. The van der Waals surface area contributed by atoms with E-state index in [0.717, 1.165) is 11.3 Å². The fourth-order valence-corrected chi connectivity index (χ4v) is 3.94. The molecule has 4 rings (SSSR count). The SMILES string of the molecule is Cc1c(-c2ccccc2N)c(C)c2[nH]c3c(C)cccc3c2c1C. The zero-order valence-corrected chi connectivity index (χ0v) is 14.6. The predicted molar refractivity (Wildman–Crippen MR) is 105 cm³/mol. The predicted octanol–water partition coefficient (Wildman–Crippen LogP) is 5.80. The van der Waals surface area contributed by atoms with Gasteiger partial charge in [0, 0.05) is 27.5 Å². The second-order valence-electron chi connectivity index (χ2n) is 6.71. The molecule has 0 unspecified atom stereocenters. The Kier molecular flexibility index (Phi) is 3.17. The summed E-state index contributed by atoms with van der Waals surface area (Å²) in [5.74, 6) is 0. The molecule has 0 atom stereocenters. The number of rotatable bonds is 1. The van der Waals surface area contributed by atoms with E-state index in [-0.39, 0.29) is 0 Å². The summed E-state index contributed by atoms with van der Waals surface area (Å²) in [4.78, 5) is 3.67. The van der Waals surface area contributed by atoms with E-state index in [1.165, 1.54) is 49.6 Å². The van der Waals surface area contributed by atoms with E-state index in [1.807, 2.05) is 12.1 Å². The number of benzene rings is 3. The van der Waals surface area contributed by atoms with E-state index in [9.17, 15) is 0 Å². The fraction of sp³-hybridized carbons (Fsp3) is 0.182. The zero-order valence-electron chi connectivity index (χ0n) is 14.6. The number of para-hydroxylation sites is 2. The fourth-order valence-electron chi connectivity index (χ4n) is 3.94. The highest BCUT2D eigenvalue weighted by Crippen LogP contribution is 2.41. The van der Waals surface area contributed by atoms with Crippen LogP contribution in [0.15, 0.2) is 42.5 Å². The van der Waals surface area contributed by atoms with Crippen molar-refractivity contribution in [2.75, 3.05) is 5.73 Å². The third-order valence-electron chi connectivity index (χ3n) is 5.33. The molecule has 2 heteroatoms. The Hall–Kier alpha value is -2.74. The van der Waals surface area contributed by atoms with Gasteiger partial charge in [0.1, 0.15) is 0 Å². The number of aromatic amines is 1. The molecule has 3 N–H and O–H groups in total. The van der Waals surface area contributed by atoms with Gasteiger partial charge in [-0.15, -0.1) is 0 Å². The van der Waals surface area contributed by atoms with Crippen LogP contribution in [-0.2, 0) is 0 Å². The normalized spacial score (nSPS) is 11.5. The molecule has 0 spiro atoms. The topological polar surface area (TPSA) is 41.8 Å². The molecular weight excluding hydrogens is 292 g/mol. The van der Waals surface area contributed by atoms with Crippen molar-refractivity contribution in [3.05, 3.63) is 64.7 Å². The summed E-state index contributed by atoms with van der Waals surface area (Å²) in [6, 6.07) is 14.6. The maximum atomic E-state index is 6.27. The van der Waals surface area contributed by atoms with Crippen LogP contribution in [0.1, 0.15) is 22.3 Å². The van der Waals surface area contributed by atoms with Gasteiger partial charge < -0.3 is 10.7 Å². The highest BCUT2D eigenvalue weighted by atomic mass is 14.7. The van der Waals surface area contributed by atoms with Gasteiger partial charge in [0.05, 0.1) is 5.52 Å². The molecule has 1 heterocycles. The summed E-state index contributed by atoms with van der Waals surface area (Å²) in [5, 5.41) is 2.64. The van der Waals surface area contributed by atoms with Gasteiger partial charge in [0.25, 0.3) is 0 Å². The number of aryl methyl sites for hydroxylation is 3. The Morgan fingerprint density at radius 1 is 0.750 bits per heavy atom. The summed E-state index contributed by atoms with van der Waals surface area (Å²) in [5.41, 5.74) is 17.1. The Morgan fingerprint density at radius 3 is 2.25 bits per heavy atom. The van der Waals surface area contributed by atoms with Gasteiger partial charge >= 0.3 is 0 Å². The summed E-state index contributed by atoms with van der Waals surface area (Å²) in [6.45, 7) is 8.78. The van der Waals surface area contributed by atoms with Crippen LogP contribution in [0.25, 0.3) is 32.9 Å². The van der Waals surface area contributed by atoms with Crippen molar-refractivity contribution in [2.45, 2.75) is 27.7 Å². The third kappa shape index (κ3) is 1.89. The molecule has 0 saturated heterocycles. The van der Waals surface area contributed by atoms with Crippen LogP contribution >= 0.6 is 0 Å². The first-order chi connectivity index (χ1) is 11.5. The number of fused-ring (bicyclic) bond motifs is 3. The first kappa shape index (κ1) is 14.8. The molecule has 24 heavy (non-hydrogen) atoms. The molecule has 2 nitrogen and oxygen atoms in total. The minimum Gasteiger partial charge on any atom is -0.398 e. The van der Waals surface area contributed by atoms with E-state index in [1.54, 1.807) is 0 Å². The van der Waals surface area contributed by atoms with Crippen molar-refractivity contribution in [3.8, 4) is 11.1 Å². The van der Waals surface area contributed by atoms with Gasteiger partial charge in [-0.1, -0.05) is 36.4 Å². The molecule has 0 amide bonds. The number of hydrogen-bond donors (Lipinski definition) is 2. The monoisotopic (exact) mass is 314 g/mol. The van der Waals surface area contributed by atoms with Crippen molar-refractivity contribution < 1.29 is 0 Å². The molecule has 0 aliphatic heterocycles. The number of nitrogens with one attached hydrogen (secondary N) is 1. The smallest absolute Gasteiger partial charge is 0.0503 e. The lowest BCUT2D eigenvalue weighted by atomic mass is 9.88. The van der Waals surface area contributed by atoms with Gasteiger partial charge in [-0.2, -0.15) is 0 Å². The summed E-state index contributed by atoms with van der Waals surface area (Å²) in [7, 11) is 0. The minimum atomic E-state index is 0.828. The van der Waals surface area contributed by atoms with Crippen LogP contribution in [0, 0.1) is 27.7 Å². The zero-order chi connectivity index (χ0) is 17.0. The van der Waals surface area contributed by atoms with Gasteiger partial charge in [-0.3, -0.25) is 0 Å². The number of aromatic nitrogens is 1. The molecule has 0 radical (unpaired) electrons. The molecule has 120 valence electrons. The Bertz CT molecular complexity index is 1100. The number of nitrogen functional groups attached to an aromatic ring is 1. The van der Waals surface area contributed by atoms with Gasteiger partial charge in [0.2, 0.25) is 0 Å². The van der Waals surface area contributed by atoms with Gasteiger partial charge in [0.15, 0.2) is 0 Å². The van der Waals surface area contributed by atoms with Crippen LogP contribution in [0.2, 0.25) is 0 Å². The molecule has 0 bridgehead atoms. The lowest BCUT2D eigenvalue weighted by Gasteiger charge is -2.16. The lowest BCUT2D eigenvalue weighted by molar-refractivity contribution is 1.33. The first-order valence-electron chi connectivity index (χ1n) is 8.36. The summed E-state index contributed by atoms with van der Waals surface area (Å²) < 4.78 is 0. The standard InChI is InChI=1S/C22H22N2/c1-12-8-7-10-17-20-14(3)13(2)19(15(4)22(20)24-21(12)17)16-9-5-6-11-18(16)23/h5-11,24H,23H2,1-4H3. The van der Waals surface area contributed by atoms with E-state index in [4.69, 9.17) is 5.73 Å². The largest absolute Gasteiger partial charge is 0.398 e. The van der Waals surface area contributed by atoms with E-state index >= 15 is 0 Å². The number of anilines is 1. The second-order valence-corrected chi connectivity index (χ2v) is 6.71. The molecule has 0 saturated carbocycles. The van der Waals surface area contributed by atoms with Gasteiger partial charge in [-0.25, -0.2) is 0 Å². The van der Waals surface area contributed by atoms with Crippen molar-refractivity contribution in [3.63, 3.8) is 0 Å². The average Bonchev–Trinajstić information content (AvgIpc) is 2.96. The number of hydrogen-bond acceptors (Lipinski definition) is 1. The lowest BCUT2D eigenvalue weighted by Crippen LogP contribution is -1.97. The van der Waals surface area contributed by atoms with E-state index in [0.29, 0.717) is 0 Å². The molecule has 4 aromatic rings. The highest BCUT2D eigenvalue weighted by Gasteiger charge is 2.18. The first-order valence-corrected chi connectivity index (χ1v) is 8.36. The molecule has 0 fully saturated rings. The maximum Gasteiger partial charge on any atom is 0.0503 e. The number of nitrogens with two attached hydrogens (primary N) is 1. The Labute approximate surface area is 142 Å². The van der Waals surface area contributed by atoms with Crippen LogP contribution in [0.5, 0.6) is 0 Å². The van der Waals surface area contributed by atoms with Crippen molar-refractivity contribution in [1.82, 2.24) is 4.98 Å². The van der Waals surface area contributed by atoms with Gasteiger partial charge in [-0.05, 0) is 61.6 Å². The van der Waals surface area contributed by atoms with Crippen LogP contribution in [0.3, 0.4) is 0 Å². The van der Waals surface area contributed by atoms with Crippen LogP contribution in [0.4, 0.5) is 5.69 Å². The second kappa shape index (κ2) is 5.13.